The largest absolute Gasteiger partial charge is 0.0845 e. The molecule has 9 heavy (non-hydrogen) atoms. The fourth-order valence-corrected chi connectivity index (χ4v) is 2.50. The van der Waals surface area contributed by atoms with Crippen LogP contribution in [0.4, 0.5) is 0 Å². The van der Waals surface area contributed by atoms with Crippen LogP contribution in [0.2, 0.25) is 0 Å². The summed E-state index contributed by atoms with van der Waals surface area (Å²) in [5.41, 5.74) is 1.80. The molecule has 1 radical (unpaired) electrons. The second kappa shape index (κ2) is 1.25. The number of hydrogen-bond donors (Lipinski definition) is 0. The molecule has 0 aromatic rings. The van der Waals surface area contributed by atoms with Crippen LogP contribution in [0, 0.1) is 17.8 Å². The van der Waals surface area contributed by atoms with Crippen LogP contribution in [0.5, 0.6) is 0 Å². The topological polar surface area (TPSA) is 0 Å². The minimum Gasteiger partial charge on any atom is -0.0845 e. The lowest BCUT2D eigenvalue weighted by atomic mass is 9.78. The van der Waals surface area contributed by atoms with E-state index in [-0.39, 0.29) is 0 Å². The third kappa shape index (κ3) is 0.452. The summed E-state index contributed by atoms with van der Waals surface area (Å²) < 4.78 is 0. The summed E-state index contributed by atoms with van der Waals surface area (Å²) in [4.78, 5) is 0. The van der Waals surface area contributed by atoms with E-state index in [2.05, 4.69) is 6.08 Å². The van der Waals surface area contributed by atoms with E-state index in [0.29, 0.717) is 0 Å². The van der Waals surface area contributed by atoms with Crippen molar-refractivity contribution in [2.24, 2.45) is 11.8 Å². The Morgan fingerprint density at radius 2 is 2.22 bits per heavy atom. The quantitative estimate of drug-likeness (QED) is 0.429. The molecule has 0 saturated heterocycles. The van der Waals surface area contributed by atoms with Crippen molar-refractivity contribution >= 4 is 0 Å². The summed E-state index contributed by atoms with van der Waals surface area (Å²) in [6.45, 7) is 0. The Kier molecular flexibility index (Phi) is 0.633. The van der Waals surface area contributed by atoms with Gasteiger partial charge in [-0.2, -0.15) is 0 Å². The van der Waals surface area contributed by atoms with E-state index in [4.69, 9.17) is 0 Å². The molecule has 0 spiro atoms. The van der Waals surface area contributed by atoms with E-state index in [9.17, 15) is 0 Å². The predicted octanol–water partition coefficient (Wildman–Crippen LogP) is 2.32. The van der Waals surface area contributed by atoms with Gasteiger partial charge in [0, 0.05) is 0 Å². The van der Waals surface area contributed by atoms with Crippen LogP contribution in [0.3, 0.4) is 0 Å². The number of allylic oxidation sites excluding steroid dienone is 2. The first kappa shape index (κ1) is 4.54. The SMILES string of the molecule is C1=C2CC[C](C1)C1CC21. The third-order valence-corrected chi connectivity index (χ3v) is 3.15. The maximum absolute atomic E-state index is 2.48. The average molecular weight is 119 g/mol. The Morgan fingerprint density at radius 1 is 1.22 bits per heavy atom. The van der Waals surface area contributed by atoms with Crippen molar-refractivity contribution in [3.05, 3.63) is 17.6 Å². The van der Waals surface area contributed by atoms with Crippen molar-refractivity contribution in [1.82, 2.24) is 0 Å². The molecule has 0 heteroatoms. The first-order valence-electron chi connectivity index (χ1n) is 3.98. The molecule has 4 aliphatic rings. The monoisotopic (exact) mass is 119 g/mol. The lowest BCUT2D eigenvalue weighted by molar-refractivity contribution is 0.556. The highest BCUT2D eigenvalue weighted by molar-refractivity contribution is 5.34. The highest BCUT2D eigenvalue weighted by Gasteiger charge is 2.49. The first-order chi connectivity index (χ1) is 4.45. The minimum atomic E-state index is 1.06. The van der Waals surface area contributed by atoms with Crippen molar-refractivity contribution in [3.8, 4) is 0 Å². The highest BCUT2D eigenvalue weighted by atomic mass is 14.5. The second-order valence-corrected chi connectivity index (χ2v) is 3.59. The van der Waals surface area contributed by atoms with Crippen LogP contribution in [0.25, 0.3) is 0 Å². The molecular weight excluding hydrogens is 108 g/mol. The van der Waals surface area contributed by atoms with Gasteiger partial charge in [0.1, 0.15) is 0 Å². The summed E-state index contributed by atoms with van der Waals surface area (Å²) in [6.07, 6.45) is 8.19. The Morgan fingerprint density at radius 3 is 2.67 bits per heavy atom. The highest BCUT2D eigenvalue weighted by Crippen LogP contribution is 2.60. The molecule has 0 heterocycles. The molecule has 0 aromatic carbocycles. The summed E-state index contributed by atoms with van der Waals surface area (Å²) in [5.74, 6) is 4.01. The van der Waals surface area contributed by atoms with Crippen LogP contribution < -0.4 is 0 Å². The van der Waals surface area contributed by atoms with E-state index in [1.807, 2.05) is 5.92 Å². The van der Waals surface area contributed by atoms with E-state index in [1.165, 1.54) is 25.7 Å². The van der Waals surface area contributed by atoms with Gasteiger partial charge in [-0.3, -0.25) is 0 Å². The van der Waals surface area contributed by atoms with Gasteiger partial charge in [0.15, 0.2) is 0 Å². The molecule has 0 aliphatic heterocycles. The van der Waals surface area contributed by atoms with Gasteiger partial charge < -0.3 is 0 Å². The van der Waals surface area contributed by atoms with Gasteiger partial charge in [-0.15, -0.1) is 0 Å². The van der Waals surface area contributed by atoms with E-state index < -0.39 is 0 Å². The molecule has 4 aliphatic carbocycles. The first-order valence-corrected chi connectivity index (χ1v) is 3.98. The Bertz CT molecular complexity index is 178. The van der Waals surface area contributed by atoms with Gasteiger partial charge in [0.2, 0.25) is 0 Å². The summed E-state index contributed by atoms with van der Waals surface area (Å²) in [7, 11) is 0. The van der Waals surface area contributed by atoms with Crippen molar-refractivity contribution in [2.45, 2.75) is 25.7 Å². The van der Waals surface area contributed by atoms with E-state index in [1.54, 1.807) is 5.57 Å². The fraction of sp³-hybridized carbons (Fsp3) is 0.667. The average Bonchev–Trinajstić information content (AvgIpc) is 2.68. The zero-order valence-corrected chi connectivity index (χ0v) is 5.56. The molecule has 0 nitrogen and oxygen atoms in total. The van der Waals surface area contributed by atoms with E-state index in [0.717, 1.165) is 11.8 Å². The molecule has 2 bridgehead atoms. The number of rotatable bonds is 0. The molecule has 0 aromatic heterocycles. The van der Waals surface area contributed by atoms with Gasteiger partial charge in [-0.05, 0) is 43.4 Å². The zero-order chi connectivity index (χ0) is 5.84. The maximum Gasteiger partial charge on any atom is -0.0163 e. The van der Waals surface area contributed by atoms with Gasteiger partial charge in [-0.1, -0.05) is 11.6 Å². The molecule has 2 fully saturated rings. The molecule has 0 amide bonds. The number of hydrogen-bond acceptors (Lipinski definition) is 0. The smallest absolute Gasteiger partial charge is 0.0163 e. The van der Waals surface area contributed by atoms with Crippen LogP contribution in [-0.2, 0) is 0 Å². The van der Waals surface area contributed by atoms with Crippen LogP contribution >= 0.6 is 0 Å². The van der Waals surface area contributed by atoms with Gasteiger partial charge in [-0.25, -0.2) is 0 Å². The summed E-state index contributed by atoms with van der Waals surface area (Å²) in [5, 5.41) is 0. The van der Waals surface area contributed by atoms with E-state index >= 15 is 0 Å². The van der Waals surface area contributed by atoms with Crippen molar-refractivity contribution < 1.29 is 0 Å². The lowest BCUT2D eigenvalue weighted by Gasteiger charge is -2.27. The van der Waals surface area contributed by atoms with Gasteiger partial charge in [0.25, 0.3) is 0 Å². The van der Waals surface area contributed by atoms with Gasteiger partial charge in [0.05, 0.1) is 0 Å². The number of fused-ring (bicyclic) bond motifs is 2. The van der Waals surface area contributed by atoms with Gasteiger partial charge >= 0.3 is 0 Å². The molecule has 4 rings (SSSR count). The fourth-order valence-electron chi connectivity index (χ4n) is 2.50. The predicted molar refractivity (Wildman–Crippen MR) is 36.8 cm³/mol. The molecule has 2 saturated carbocycles. The van der Waals surface area contributed by atoms with Crippen molar-refractivity contribution in [2.75, 3.05) is 0 Å². The third-order valence-electron chi connectivity index (χ3n) is 3.15. The molecule has 47 valence electrons. The molecule has 0 N–H and O–H groups in total. The second-order valence-electron chi connectivity index (χ2n) is 3.59. The van der Waals surface area contributed by atoms with Crippen LogP contribution in [0.1, 0.15) is 25.7 Å². The Labute approximate surface area is 56.0 Å². The molecule has 2 unspecified atom stereocenters. The standard InChI is InChI=1S/C9H11/c1-2-7-4-3-6(1)8-5-9(7)8/h1,8-9H,2-5H2. The lowest BCUT2D eigenvalue weighted by Crippen LogP contribution is -2.14. The van der Waals surface area contributed by atoms with Crippen molar-refractivity contribution in [1.29, 1.82) is 0 Å². The van der Waals surface area contributed by atoms with Crippen LogP contribution in [-0.4, -0.2) is 0 Å². The molecular formula is C9H11. The maximum atomic E-state index is 2.48. The van der Waals surface area contributed by atoms with Crippen LogP contribution in [0.15, 0.2) is 11.6 Å². The Hall–Kier alpha value is -0.260. The normalized spacial score (nSPS) is 46.4. The zero-order valence-electron chi connectivity index (χ0n) is 5.56. The summed E-state index contributed by atoms with van der Waals surface area (Å²) in [6, 6.07) is 0. The minimum absolute atomic E-state index is 1.06. The summed E-state index contributed by atoms with van der Waals surface area (Å²) >= 11 is 0. The van der Waals surface area contributed by atoms with Crippen molar-refractivity contribution in [3.63, 3.8) is 0 Å². The molecule has 2 atom stereocenters. The Balaban J connectivity index is 2.08.